The van der Waals surface area contributed by atoms with Crippen LogP contribution in [0.5, 0.6) is 5.75 Å². The van der Waals surface area contributed by atoms with E-state index in [1.165, 1.54) is 24.3 Å². The quantitative estimate of drug-likeness (QED) is 0.701. The number of carbonyl (C=O) groups excluding carboxylic acids is 1. The highest BCUT2D eigenvalue weighted by Gasteiger charge is 2.46. The Morgan fingerprint density at radius 1 is 1.28 bits per heavy atom. The minimum Gasteiger partial charge on any atom is -0.491 e. The summed E-state index contributed by atoms with van der Waals surface area (Å²) in [6.07, 6.45) is -2.83. The second-order valence-electron chi connectivity index (χ2n) is 8.34. The maximum atomic E-state index is 13.4. The molecule has 32 heavy (non-hydrogen) atoms. The number of nitrogens with two attached hydrogens (primary N) is 1. The van der Waals surface area contributed by atoms with Gasteiger partial charge in [-0.05, 0) is 49.4 Å². The van der Waals surface area contributed by atoms with Crippen LogP contribution in [0.25, 0.3) is 11.1 Å². The number of H-pyrrole nitrogens is 1. The Labute approximate surface area is 181 Å². The van der Waals surface area contributed by atoms with Gasteiger partial charge in [-0.15, -0.1) is 0 Å². The average Bonchev–Trinajstić information content (AvgIpc) is 3.58. The first-order valence-corrected chi connectivity index (χ1v) is 10.2. The maximum absolute atomic E-state index is 13.4. The van der Waals surface area contributed by atoms with E-state index in [1.54, 1.807) is 4.98 Å². The first kappa shape index (κ1) is 22.3. The molecule has 4 rings (SSSR count). The Hall–Kier alpha value is -2.85. The van der Waals surface area contributed by atoms with Crippen molar-refractivity contribution in [2.75, 3.05) is 19.8 Å². The van der Waals surface area contributed by atoms with Crippen LogP contribution in [-0.4, -0.2) is 42.4 Å². The standard InChI is InChI=1S/C22H23F3N2O5/c1-21(13-4-5-13)11-30-9-15(32-21)10-31-14-6-2-12(3-7-14)16-8-17(19(26)28)20(29)27-18(16)22(23,24)25/h2-3,6-8,13,15H,4-5,9-11H2,1H3,(H2,26,28)(H,27,29)/t15-,21-/m0/s1. The van der Waals surface area contributed by atoms with Crippen LogP contribution < -0.4 is 16.0 Å². The van der Waals surface area contributed by atoms with Crippen molar-refractivity contribution < 1.29 is 32.2 Å². The number of nitrogens with one attached hydrogen (secondary N) is 1. The Kier molecular flexibility index (Phi) is 5.76. The molecule has 1 aromatic heterocycles. The number of rotatable bonds is 6. The summed E-state index contributed by atoms with van der Waals surface area (Å²) in [7, 11) is 0. The van der Waals surface area contributed by atoms with Gasteiger partial charge in [-0.1, -0.05) is 12.1 Å². The van der Waals surface area contributed by atoms with Crippen LogP contribution >= 0.6 is 0 Å². The van der Waals surface area contributed by atoms with Crippen LogP contribution in [-0.2, 0) is 15.7 Å². The summed E-state index contributed by atoms with van der Waals surface area (Å²) in [6, 6.07) is 6.69. The van der Waals surface area contributed by atoms with E-state index in [2.05, 4.69) is 0 Å². The molecule has 2 fully saturated rings. The van der Waals surface area contributed by atoms with Gasteiger partial charge in [0.1, 0.15) is 29.7 Å². The summed E-state index contributed by atoms with van der Waals surface area (Å²) in [4.78, 5) is 24.9. The monoisotopic (exact) mass is 452 g/mol. The largest absolute Gasteiger partial charge is 0.491 e. The molecule has 0 radical (unpaired) electrons. The van der Waals surface area contributed by atoms with E-state index in [-0.39, 0.29) is 29.4 Å². The Balaban J connectivity index is 1.50. The van der Waals surface area contributed by atoms with Gasteiger partial charge < -0.3 is 24.9 Å². The van der Waals surface area contributed by atoms with Crippen LogP contribution in [0.4, 0.5) is 13.2 Å². The van der Waals surface area contributed by atoms with Gasteiger partial charge in [-0.3, -0.25) is 9.59 Å². The van der Waals surface area contributed by atoms with Crippen LogP contribution in [0.3, 0.4) is 0 Å². The zero-order chi connectivity index (χ0) is 23.1. The first-order chi connectivity index (χ1) is 15.1. The number of alkyl halides is 3. The van der Waals surface area contributed by atoms with Crippen molar-refractivity contribution in [2.24, 2.45) is 11.7 Å². The minimum atomic E-state index is -4.83. The predicted octanol–water partition coefficient (Wildman–Crippen LogP) is 3.12. The third-order valence-corrected chi connectivity index (χ3v) is 5.76. The maximum Gasteiger partial charge on any atom is 0.431 e. The lowest BCUT2D eigenvalue weighted by molar-refractivity contribution is -0.206. The van der Waals surface area contributed by atoms with Gasteiger partial charge in [0.2, 0.25) is 0 Å². The van der Waals surface area contributed by atoms with Crippen molar-refractivity contribution in [1.82, 2.24) is 4.98 Å². The fourth-order valence-corrected chi connectivity index (χ4v) is 3.92. The number of hydrogen-bond donors (Lipinski definition) is 2. The van der Waals surface area contributed by atoms with E-state index in [0.717, 1.165) is 18.9 Å². The smallest absolute Gasteiger partial charge is 0.431 e. The molecule has 172 valence electrons. The van der Waals surface area contributed by atoms with E-state index >= 15 is 0 Å². The van der Waals surface area contributed by atoms with Crippen LogP contribution in [0.1, 0.15) is 35.8 Å². The molecular formula is C22H23F3N2O5. The molecule has 0 unspecified atom stereocenters. The lowest BCUT2D eigenvalue weighted by Gasteiger charge is -2.38. The first-order valence-electron chi connectivity index (χ1n) is 10.2. The Morgan fingerprint density at radius 2 is 1.97 bits per heavy atom. The van der Waals surface area contributed by atoms with Gasteiger partial charge in [-0.25, -0.2) is 0 Å². The molecule has 7 nitrogen and oxygen atoms in total. The number of amides is 1. The molecule has 0 bridgehead atoms. The molecule has 0 spiro atoms. The van der Waals surface area contributed by atoms with Gasteiger partial charge in [0, 0.05) is 5.56 Å². The van der Waals surface area contributed by atoms with E-state index in [4.69, 9.17) is 19.9 Å². The fourth-order valence-electron chi connectivity index (χ4n) is 3.92. The van der Waals surface area contributed by atoms with E-state index in [0.29, 0.717) is 24.9 Å². The Morgan fingerprint density at radius 3 is 2.56 bits per heavy atom. The number of ether oxygens (including phenoxy) is 3. The van der Waals surface area contributed by atoms with Gasteiger partial charge in [0.25, 0.3) is 11.5 Å². The highest BCUT2D eigenvalue weighted by atomic mass is 19.4. The molecule has 10 heteroatoms. The van der Waals surface area contributed by atoms with Crippen LogP contribution in [0.15, 0.2) is 35.1 Å². The molecule has 3 N–H and O–H groups in total. The summed E-state index contributed by atoms with van der Waals surface area (Å²) in [6.45, 7) is 3.23. The number of hydrogen-bond acceptors (Lipinski definition) is 5. The summed E-state index contributed by atoms with van der Waals surface area (Å²) >= 11 is 0. The van der Waals surface area contributed by atoms with E-state index < -0.39 is 28.9 Å². The van der Waals surface area contributed by atoms with Crippen molar-refractivity contribution in [2.45, 2.75) is 37.6 Å². The molecule has 1 saturated heterocycles. The zero-order valence-electron chi connectivity index (χ0n) is 17.3. The van der Waals surface area contributed by atoms with Gasteiger partial charge >= 0.3 is 6.18 Å². The summed E-state index contributed by atoms with van der Waals surface area (Å²) < 4.78 is 57.9. The van der Waals surface area contributed by atoms with Gasteiger partial charge in [0.05, 0.1) is 18.8 Å². The highest BCUT2D eigenvalue weighted by Crippen LogP contribution is 2.44. The average molecular weight is 452 g/mol. The topological polar surface area (TPSA) is 104 Å². The van der Waals surface area contributed by atoms with Gasteiger partial charge in [-0.2, -0.15) is 13.2 Å². The SMILES string of the molecule is C[C@@]1(C2CC2)COC[C@@H](COc2ccc(-c3cc(C(N)=O)c(=O)[nH]c3C(F)(F)F)cc2)O1. The summed E-state index contributed by atoms with van der Waals surface area (Å²) in [5, 5.41) is 0. The van der Waals surface area contributed by atoms with Crippen molar-refractivity contribution in [1.29, 1.82) is 0 Å². The highest BCUT2D eigenvalue weighted by molar-refractivity contribution is 5.94. The van der Waals surface area contributed by atoms with Crippen LogP contribution in [0, 0.1) is 5.92 Å². The van der Waals surface area contributed by atoms with Gasteiger partial charge in [0.15, 0.2) is 0 Å². The fraction of sp³-hybridized carbons (Fsp3) is 0.455. The molecule has 2 heterocycles. The predicted molar refractivity (Wildman–Crippen MR) is 108 cm³/mol. The van der Waals surface area contributed by atoms with Crippen molar-refractivity contribution >= 4 is 5.91 Å². The number of carbonyl (C=O) groups is 1. The molecule has 2 aromatic rings. The molecular weight excluding hydrogens is 429 g/mol. The van der Waals surface area contributed by atoms with E-state index in [9.17, 15) is 22.8 Å². The number of benzene rings is 1. The zero-order valence-corrected chi connectivity index (χ0v) is 17.3. The molecule has 1 aliphatic carbocycles. The lowest BCUT2D eigenvalue weighted by atomic mass is 10.00. The second-order valence-corrected chi connectivity index (χ2v) is 8.34. The molecule has 1 amide bonds. The molecule has 1 aliphatic heterocycles. The van der Waals surface area contributed by atoms with E-state index in [1.807, 2.05) is 6.92 Å². The number of pyridine rings is 1. The number of aromatic amines is 1. The molecule has 1 saturated carbocycles. The molecule has 1 aromatic carbocycles. The van der Waals surface area contributed by atoms with Crippen molar-refractivity contribution in [3.63, 3.8) is 0 Å². The van der Waals surface area contributed by atoms with Crippen molar-refractivity contribution in [3.05, 3.63) is 51.9 Å². The summed E-state index contributed by atoms with van der Waals surface area (Å²) in [5.74, 6) is -0.187. The summed E-state index contributed by atoms with van der Waals surface area (Å²) in [5.41, 5.74) is 1.58. The number of halogens is 3. The number of aromatic nitrogens is 1. The van der Waals surface area contributed by atoms with Crippen molar-refractivity contribution in [3.8, 4) is 16.9 Å². The minimum absolute atomic E-state index is 0.141. The Bertz CT molecular complexity index is 1060. The lowest BCUT2D eigenvalue weighted by Crippen LogP contribution is -2.48. The third-order valence-electron chi connectivity index (χ3n) is 5.76. The normalized spacial score (nSPS) is 23.7. The molecule has 2 atom stereocenters. The van der Waals surface area contributed by atoms with Crippen LogP contribution in [0.2, 0.25) is 0 Å². The third kappa shape index (κ3) is 4.66. The second kappa shape index (κ2) is 8.25. The number of primary amides is 1. The molecule has 2 aliphatic rings.